The summed E-state index contributed by atoms with van der Waals surface area (Å²) < 4.78 is 15.8. The molecule has 21 heavy (non-hydrogen) atoms. The Morgan fingerprint density at radius 2 is 2.00 bits per heavy atom. The molecule has 2 rings (SSSR count). The van der Waals surface area contributed by atoms with Gasteiger partial charge in [-0.1, -0.05) is 12.1 Å². The first-order valence-corrected chi connectivity index (χ1v) is 7.11. The van der Waals surface area contributed by atoms with E-state index in [0.29, 0.717) is 13.0 Å². The smallest absolute Gasteiger partial charge is 0.407 e. The second-order valence-electron chi connectivity index (χ2n) is 6.18. The highest BCUT2D eigenvalue weighted by atomic mass is 16.6. The van der Waals surface area contributed by atoms with Crippen LogP contribution in [0.25, 0.3) is 0 Å². The highest BCUT2D eigenvalue weighted by molar-refractivity contribution is 5.68. The predicted octanol–water partition coefficient (Wildman–Crippen LogP) is 2.53. The van der Waals surface area contributed by atoms with E-state index in [-0.39, 0.29) is 12.1 Å². The van der Waals surface area contributed by atoms with E-state index < -0.39 is 11.7 Å². The molecule has 0 saturated carbocycles. The van der Waals surface area contributed by atoms with Gasteiger partial charge in [-0.05, 0) is 44.9 Å². The van der Waals surface area contributed by atoms with Crippen LogP contribution in [0.15, 0.2) is 24.3 Å². The van der Waals surface area contributed by atoms with Crippen LogP contribution in [-0.2, 0) is 15.9 Å². The first kappa shape index (κ1) is 15.6. The summed E-state index contributed by atoms with van der Waals surface area (Å²) in [6.45, 7) is 6.21. The van der Waals surface area contributed by atoms with E-state index in [9.17, 15) is 4.79 Å². The van der Waals surface area contributed by atoms with Gasteiger partial charge in [0, 0.05) is 0 Å². The molecular weight excluding hydrogens is 270 g/mol. The standard InChI is InChI=1S/C16H23NO4/c1-16(2,3)21-15(18)17-13(14-10-20-14)9-11-5-7-12(19-4)8-6-11/h5-8,13-14H,9-10H2,1-4H3,(H,17,18). The van der Waals surface area contributed by atoms with Gasteiger partial charge in [0.05, 0.1) is 19.8 Å². The number of epoxide rings is 1. The van der Waals surface area contributed by atoms with Crippen molar-refractivity contribution in [2.45, 2.75) is 44.9 Å². The van der Waals surface area contributed by atoms with E-state index in [2.05, 4.69) is 5.32 Å². The normalized spacial score (nSPS) is 18.8. The molecule has 1 fully saturated rings. The molecule has 1 saturated heterocycles. The van der Waals surface area contributed by atoms with Gasteiger partial charge >= 0.3 is 6.09 Å². The van der Waals surface area contributed by atoms with E-state index in [1.165, 1.54) is 0 Å². The average Bonchev–Trinajstić information content (AvgIpc) is 3.21. The zero-order valence-electron chi connectivity index (χ0n) is 13.0. The summed E-state index contributed by atoms with van der Waals surface area (Å²) in [5.41, 5.74) is 0.617. The van der Waals surface area contributed by atoms with Crippen molar-refractivity contribution in [3.05, 3.63) is 29.8 Å². The van der Waals surface area contributed by atoms with Crippen LogP contribution < -0.4 is 10.1 Å². The van der Waals surface area contributed by atoms with Crippen molar-refractivity contribution >= 4 is 6.09 Å². The van der Waals surface area contributed by atoms with Crippen molar-refractivity contribution in [1.29, 1.82) is 0 Å². The molecule has 2 atom stereocenters. The highest BCUT2D eigenvalue weighted by Gasteiger charge is 2.34. The molecule has 2 unspecified atom stereocenters. The molecule has 1 aliphatic rings. The summed E-state index contributed by atoms with van der Waals surface area (Å²) >= 11 is 0. The third kappa shape index (κ3) is 5.27. The zero-order chi connectivity index (χ0) is 15.5. The van der Waals surface area contributed by atoms with Crippen LogP contribution in [0.1, 0.15) is 26.3 Å². The van der Waals surface area contributed by atoms with Crippen molar-refractivity contribution in [3.8, 4) is 5.75 Å². The summed E-state index contributed by atoms with van der Waals surface area (Å²) in [5, 5.41) is 2.90. The Morgan fingerprint density at radius 1 is 1.38 bits per heavy atom. The Hall–Kier alpha value is -1.75. The zero-order valence-corrected chi connectivity index (χ0v) is 13.0. The summed E-state index contributed by atoms with van der Waals surface area (Å²) in [6.07, 6.45) is 0.365. The van der Waals surface area contributed by atoms with E-state index in [0.717, 1.165) is 11.3 Å². The summed E-state index contributed by atoms with van der Waals surface area (Å²) in [5.74, 6) is 0.818. The minimum atomic E-state index is -0.501. The lowest BCUT2D eigenvalue weighted by Crippen LogP contribution is -2.43. The highest BCUT2D eigenvalue weighted by Crippen LogP contribution is 2.20. The lowest BCUT2D eigenvalue weighted by Gasteiger charge is -2.23. The van der Waals surface area contributed by atoms with Crippen LogP contribution in [0, 0.1) is 0 Å². The number of nitrogens with one attached hydrogen (secondary N) is 1. The lowest BCUT2D eigenvalue weighted by molar-refractivity contribution is 0.0495. The van der Waals surface area contributed by atoms with E-state index >= 15 is 0 Å². The average molecular weight is 293 g/mol. The Morgan fingerprint density at radius 3 is 2.48 bits per heavy atom. The number of carbonyl (C=O) groups excluding carboxylic acids is 1. The molecule has 1 amide bonds. The molecule has 5 nitrogen and oxygen atoms in total. The Bertz CT molecular complexity index is 474. The molecule has 5 heteroatoms. The molecule has 1 heterocycles. The first-order valence-electron chi connectivity index (χ1n) is 7.11. The fraction of sp³-hybridized carbons (Fsp3) is 0.562. The minimum Gasteiger partial charge on any atom is -0.497 e. The SMILES string of the molecule is COc1ccc(CC(NC(=O)OC(C)(C)C)C2CO2)cc1. The Labute approximate surface area is 125 Å². The van der Waals surface area contributed by atoms with Gasteiger partial charge in [0.1, 0.15) is 17.5 Å². The molecule has 0 aromatic heterocycles. The molecule has 1 aromatic carbocycles. The molecule has 1 N–H and O–H groups in total. The van der Waals surface area contributed by atoms with Crippen LogP contribution in [0.3, 0.4) is 0 Å². The summed E-state index contributed by atoms with van der Waals surface area (Å²) in [4.78, 5) is 11.9. The van der Waals surface area contributed by atoms with E-state index in [4.69, 9.17) is 14.2 Å². The number of hydrogen-bond donors (Lipinski definition) is 1. The van der Waals surface area contributed by atoms with Crippen LogP contribution in [-0.4, -0.2) is 37.6 Å². The molecule has 1 aromatic rings. The largest absolute Gasteiger partial charge is 0.497 e. The maximum atomic E-state index is 11.9. The topological polar surface area (TPSA) is 60.1 Å². The monoisotopic (exact) mass is 293 g/mol. The van der Waals surface area contributed by atoms with Gasteiger partial charge in [-0.2, -0.15) is 0 Å². The summed E-state index contributed by atoms with van der Waals surface area (Å²) in [6, 6.07) is 7.73. The van der Waals surface area contributed by atoms with Crippen molar-refractivity contribution < 1.29 is 19.0 Å². The number of carbonyl (C=O) groups is 1. The molecule has 1 aliphatic heterocycles. The molecule has 0 aliphatic carbocycles. The van der Waals surface area contributed by atoms with Crippen molar-refractivity contribution in [2.24, 2.45) is 0 Å². The number of ether oxygens (including phenoxy) is 3. The molecular formula is C16H23NO4. The molecule has 0 spiro atoms. The number of methoxy groups -OCH3 is 1. The van der Waals surface area contributed by atoms with Crippen LogP contribution in [0.5, 0.6) is 5.75 Å². The Kier molecular flexibility index (Phi) is 4.73. The maximum Gasteiger partial charge on any atom is 0.407 e. The quantitative estimate of drug-likeness (QED) is 0.848. The van der Waals surface area contributed by atoms with Crippen LogP contribution >= 0.6 is 0 Å². The van der Waals surface area contributed by atoms with Gasteiger partial charge in [-0.15, -0.1) is 0 Å². The van der Waals surface area contributed by atoms with Gasteiger partial charge in [0.15, 0.2) is 0 Å². The van der Waals surface area contributed by atoms with Crippen molar-refractivity contribution in [3.63, 3.8) is 0 Å². The van der Waals surface area contributed by atoms with Gasteiger partial charge in [0.2, 0.25) is 0 Å². The minimum absolute atomic E-state index is 0.0691. The van der Waals surface area contributed by atoms with E-state index in [1.807, 2.05) is 45.0 Å². The molecule has 0 bridgehead atoms. The third-order valence-corrected chi connectivity index (χ3v) is 3.12. The van der Waals surface area contributed by atoms with Crippen molar-refractivity contribution in [1.82, 2.24) is 5.32 Å². The van der Waals surface area contributed by atoms with E-state index in [1.54, 1.807) is 7.11 Å². The second-order valence-corrected chi connectivity index (χ2v) is 6.18. The van der Waals surface area contributed by atoms with Crippen LogP contribution in [0.2, 0.25) is 0 Å². The van der Waals surface area contributed by atoms with Crippen molar-refractivity contribution in [2.75, 3.05) is 13.7 Å². The number of hydrogen-bond acceptors (Lipinski definition) is 4. The van der Waals surface area contributed by atoms with Crippen LogP contribution in [0.4, 0.5) is 4.79 Å². The van der Waals surface area contributed by atoms with Gasteiger partial charge in [0.25, 0.3) is 0 Å². The number of amides is 1. The Balaban J connectivity index is 1.94. The van der Waals surface area contributed by atoms with Gasteiger partial charge in [-0.3, -0.25) is 0 Å². The van der Waals surface area contributed by atoms with Gasteiger partial charge in [-0.25, -0.2) is 4.79 Å². The first-order chi connectivity index (χ1) is 9.87. The lowest BCUT2D eigenvalue weighted by atomic mass is 10.0. The fourth-order valence-corrected chi connectivity index (χ4v) is 2.04. The number of benzene rings is 1. The van der Waals surface area contributed by atoms with Gasteiger partial charge < -0.3 is 19.5 Å². The second kappa shape index (κ2) is 6.35. The molecule has 116 valence electrons. The third-order valence-electron chi connectivity index (χ3n) is 3.12. The number of alkyl carbamates (subject to hydrolysis) is 1. The summed E-state index contributed by atoms with van der Waals surface area (Å²) in [7, 11) is 1.64. The predicted molar refractivity (Wildman–Crippen MR) is 79.6 cm³/mol. The number of rotatable bonds is 5. The molecule has 0 radical (unpaired) electrons. The maximum absolute atomic E-state index is 11.9. The fourth-order valence-electron chi connectivity index (χ4n) is 2.04.